The fourth-order valence-corrected chi connectivity index (χ4v) is 5.12. The maximum Gasteiger partial charge on any atom is 0.210 e. The van der Waals surface area contributed by atoms with Crippen molar-refractivity contribution < 1.29 is 17.5 Å². The van der Waals surface area contributed by atoms with E-state index in [4.69, 9.17) is 0 Å². The summed E-state index contributed by atoms with van der Waals surface area (Å²) >= 11 is 0. The molecular weight excluding hydrogens is 468 g/mol. The zero-order valence-corrected chi connectivity index (χ0v) is 21.7. The molecule has 0 saturated carbocycles. The van der Waals surface area contributed by atoms with Gasteiger partial charge in [0.05, 0.1) is 10.3 Å². The van der Waals surface area contributed by atoms with Crippen LogP contribution < -0.4 is 5.32 Å². The van der Waals surface area contributed by atoms with Crippen molar-refractivity contribution in [3.05, 3.63) is 114 Å². The van der Waals surface area contributed by atoms with Crippen molar-refractivity contribution >= 4 is 38.0 Å². The molecule has 36 heavy (non-hydrogen) atoms. The lowest BCUT2D eigenvalue weighted by molar-refractivity contribution is -0.401. The Balaban J connectivity index is 0.000000233. The first-order chi connectivity index (χ1) is 17.1. The van der Waals surface area contributed by atoms with Gasteiger partial charge in [-0.15, -0.1) is 0 Å². The molecule has 0 saturated heterocycles. The van der Waals surface area contributed by atoms with Crippen LogP contribution in [0, 0.1) is 6.92 Å². The van der Waals surface area contributed by atoms with Gasteiger partial charge in [0, 0.05) is 29.6 Å². The first kappa shape index (κ1) is 25.4. The van der Waals surface area contributed by atoms with E-state index < -0.39 is 10.1 Å². The van der Waals surface area contributed by atoms with E-state index in [1.54, 1.807) is 12.1 Å². The number of fused-ring (bicyclic) bond motifs is 3. The van der Waals surface area contributed by atoms with Gasteiger partial charge in [-0.1, -0.05) is 60.2 Å². The minimum Gasteiger partial charge on any atom is -0.744 e. The van der Waals surface area contributed by atoms with Crippen LogP contribution in [-0.4, -0.2) is 30.3 Å². The third-order valence-corrected chi connectivity index (χ3v) is 7.32. The molecule has 4 aromatic carbocycles. The number of rotatable bonds is 4. The Bertz CT molecular complexity index is 1550. The van der Waals surface area contributed by atoms with Crippen LogP contribution in [0.1, 0.15) is 25.0 Å². The molecule has 1 aliphatic rings. The number of para-hydroxylation sites is 1. The average Bonchev–Trinajstić information content (AvgIpc) is 3.05. The molecule has 0 spiro atoms. The average molecular weight is 499 g/mol. The predicted octanol–water partition coefficient (Wildman–Crippen LogP) is 6.37. The largest absolute Gasteiger partial charge is 0.744 e. The van der Waals surface area contributed by atoms with E-state index in [0.717, 1.165) is 11.3 Å². The van der Waals surface area contributed by atoms with Crippen molar-refractivity contribution in [2.24, 2.45) is 0 Å². The SMILES string of the molecule is C[N+]1=C(/C=C/Nc2ccccc2)C(C)(C)c2c1ccc1ccccc21.Cc1ccc(S(=O)(=O)[O-])cc1. The number of hydrogen-bond acceptors (Lipinski definition) is 4. The first-order valence-corrected chi connectivity index (χ1v) is 13.1. The summed E-state index contributed by atoms with van der Waals surface area (Å²) in [6.45, 7) is 6.44. The molecule has 6 heteroatoms. The number of nitrogens with one attached hydrogen (secondary N) is 1. The Hall–Kier alpha value is -3.74. The zero-order chi connectivity index (χ0) is 25.9. The monoisotopic (exact) mass is 498 g/mol. The second-order valence-corrected chi connectivity index (χ2v) is 10.7. The van der Waals surface area contributed by atoms with E-state index in [0.29, 0.717) is 0 Å². The summed E-state index contributed by atoms with van der Waals surface area (Å²) in [7, 11) is -2.11. The summed E-state index contributed by atoms with van der Waals surface area (Å²) in [5.41, 5.74) is 5.98. The fourth-order valence-electron chi connectivity index (χ4n) is 4.65. The second kappa shape index (κ2) is 10.1. The van der Waals surface area contributed by atoms with Crippen LogP contribution in [0.5, 0.6) is 0 Å². The Morgan fingerprint density at radius 1 is 0.861 bits per heavy atom. The van der Waals surface area contributed by atoms with Gasteiger partial charge in [-0.05, 0) is 61.9 Å². The standard InChI is InChI=1S/C23H22N2.C7H8O3S/c1-23(2)21(15-16-24-18-10-5-4-6-11-18)25(3)20-14-13-17-9-7-8-12-19(17)22(20)23;1-6-2-4-7(5-3-6)11(8,9)10/h4-16H,1-3H3;2-5H,1H3,(H,8,9,10). The van der Waals surface area contributed by atoms with Crippen molar-refractivity contribution in [3.63, 3.8) is 0 Å². The molecule has 0 aliphatic carbocycles. The molecule has 5 rings (SSSR count). The van der Waals surface area contributed by atoms with Crippen LogP contribution in [0.2, 0.25) is 0 Å². The Morgan fingerprint density at radius 3 is 2.17 bits per heavy atom. The van der Waals surface area contributed by atoms with Gasteiger partial charge >= 0.3 is 0 Å². The van der Waals surface area contributed by atoms with Crippen LogP contribution in [0.15, 0.2) is 108 Å². The van der Waals surface area contributed by atoms with E-state index in [-0.39, 0.29) is 10.3 Å². The zero-order valence-electron chi connectivity index (χ0n) is 20.9. The van der Waals surface area contributed by atoms with Gasteiger partial charge in [0.25, 0.3) is 0 Å². The van der Waals surface area contributed by atoms with Crippen LogP contribution in [0.25, 0.3) is 10.8 Å². The Labute approximate surface area is 213 Å². The molecule has 5 nitrogen and oxygen atoms in total. The van der Waals surface area contributed by atoms with Gasteiger partial charge in [0.1, 0.15) is 17.2 Å². The molecular formula is C30H30N2O3S. The molecule has 1 heterocycles. The summed E-state index contributed by atoms with van der Waals surface area (Å²) in [6, 6.07) is 29.1. The second-order valence-electron chi connectivity index (χ2n) is 9.36. The Kier molecular flexibility index (Phi) is 7.11. The minimum atomic E-state index is -4.27. The summed E-state index contributed by atoms with van der Waals surface area (Å²) in [6.07, 6.45) is 4.23. The normalized spacial score (nSPS) is 14.5. The number of anilines is 1. The minimum absolute atomic E-state index is 0.0419. The van der Waals surface area contributed by atoms with Crippen LogP contribution in [0.4, 0.5) is 11.4 Å². The quantitative estimate of drug-likeness (QED) is 0.262. The summed E-state index contributed by atoms with van der Waals surface area (Å²) < 4.78 is 33.5. The molecule has 184 valence electrons. The van der Waals surface area contributed by atoms with Crippen molar-refractivity contribution in [2.75, 3.05) is 12.4 Å². The number of hydrogen-bond donors (Lipinski definition) is 1. The first-order valence-electron chi connectivity index (χ1n) is 11.7. The summed E-state index contributed by atoms with van der Waals surface area (Å²) in [5, 5.41) is 6.01. The molecule has 0 fully saturated rings. The fraction of sp³-hybridized carbons (Fsp3) is 0.167. The van der Waals surface area contributed by atoms with Crippen molar-refractivity contribution in [2.45, 2.75) is 31.1 Å². The van der Waals surface area contributed by atoms with Crippen molar-refractivity contribution in [1.82, 2.24) is 0 Å². The highest BCUT2D eigenvalue weighted by molar-refractivity contribution is 7.85. The lowest BCUT2D eigenvalue weighted by Crippen LogP contribution is -2.27. The predicted molar refractivity (Wildman–Crippen MR) is 146 cm³/mol. The van der Waals surface area contributed by atoms with Gasteiger partial charge in [-0.3, -0.25) is 0 Å². The highest BCUT2D eigenvalue weighted by Crippen LogP contribution is 2.43. The topological polar surface area (TPSA) is 72.2 Å². The van der Waals surface area contributed by atoms with Crippen LogP contribution >= 0.6 is 0 Å². The van der Waals surface area contributed by atoms with E-state index in [2.05, 4.69) is 85.4 Å². The van der Waals surface area contributed by atoms with Gasteiger partial charge < -0.3 is 9.87 Å². The van der Waals surface area contributed by atoms with E-state index >= 15 is 0 Å². The molecule has 1 aliphatic heterocycles. The molecule has 0 bridgehead atoms. The van der Waals surface area contributed by atoms with Crippen LogP contribution in [0.3, 0.4) is 0 Å². The maximum absolute atomic E-state index is 10.4. The molecule has 0 radical (unpaired) electrons. The highest BCUT2D eigenvalue weighted by Gasteiger charge is 2.44. The molecule has 0 amide bonds. The van der Waals surface area contributed by atoms with Crippen LogP contribution in [-0.2, 0) is 15.5 Å². The Morgan fingerprint density at radius 2 is 1.50 bits per heavy atom. The van der Waals surface area contributed by atoms with Gasteiger partial charge in [0.15, 0.2) is 5.71 Å². The van der Waals surface area contributed by atoms with E-state index in [9.17, 15) is 13.0 Å². The maximum atomic E-state index is 10.4. The number of nitrogens with zero attached hydrogens (tertiary/aromatic N) is 1. The lowest BCUT2D eigenvalue weighted by Gasteiger charge is -2.17. The van der Waals surface area contributed by atoms with E-state index in [1.165, 1.54) is 39.9 Å². The summed E-state index contributed by atoms with van der Waals surface area (Å²) in [5.74, 6) is 0. The third kappa shape index (κ3) is 5.25. The van der Waals surface area contributed by atoms with Gasteiger partial charge in [-0.2, -0.15) is 4.58 Å². The molecule has 4 aromatic rings. The van der Waals surface area contributed by atoms with Gasteiger partial charge in [-0.25, -0.2) is 8.42 Å². The molecule has 0 atom stereocenters. The number of aryl methyl sites for hydroxylation is 1. The lowest BCUT2D eigenvalue weighted by atomic mass is 9.79. The van der Waals surface area contributed by atoms with Gasteiger partial charge in [0.2, 0.25) is 5.69 Å². The highest BCUT2D eigenvalue weighted by atomic mass is 32.2. The number of allylic oxidation sites excluding steroid dienone is 1. The summed E-state index contributed by atoms with van der Waals surface area (Å²) in [4.78, 5) is -0.178. The van der Waals surface area contributed by atoms with Crippen molar-refractivity contribution in [3.8, 4) is 0 Å². The molecule has 0 aromatic heterocycles. The smallest absolute Gasteiger partial charge is 0.210 e. The number of benzene rings is 4. The van der Waals surface area contributed by atoms with Crippen molar-refractivity contribution in [1.29, 1.82) is 0 Å². The van der Waals surface area contributed by atoms with E-state index in [1.807, 2.05) is 31.3 Å². The molecule has 0 unspecified atom stereocenters. The molecule has 1 N–H and O–H groups in total. The third-order valence-electron chi connectivity index (χ3n) is 6.47.